The van der Waals surface area contributed by atoms with Gasteiger partial charge in [0.1, 0.15) is 16.7 Å². The number of hydrogen-bond acceptors (Lipinski definition) is 6. The number of amides is 1. The molecule has 2 N–H and O–H groups in total. The van der Waals surface area contributed by atoms with Gasteiger partial charge in [0.15, 0.2) is 5.82 Å². The molecule has 6 radical (unpaired) electrons. The normalized spacial score (nSPS) is 15.0. The zero-order chi connectivity index (χ0) is 25.6. The van der Waals surface area contributed by atoms with E-state index in [-0.39, 0.29) is 16.9 Å². The average Bonchev–Trinajstić information content (AvgIpc) is 3.32. The fourth-order valence-electron chi connectivity index (χ4n) is 4.31. The minimum Gasteiger partial charge on any atom is -0.371 e. The molecule has 1 amide bonds. The summed E-state index contributed by atoms with van der Waals surface area (Å²) < 4.78 is 31.4. The first kappa shape index (κ1) is 24.0. The Kier molecular flexibility index (Phi) is 6.07. The predicted octanol–water partition coefficient (Wildman–Crippen LogP) is 0.0178. The molecule has 1 fully saturated rings. The Morgan fingerprint density at radius 2 is 1.81 bits per heavy atom. The lowest BCUT2D eigenvalue weighted by Crippen LogP contribution is -2.50. The summed E-state index contributed by atoms with van der Waals surface area (Å²) in [7, 11) is 16.0. The molecule has 0 unspecified atom stereocenters. The largest absolute Gasteiger partial charge is 0.371 e. The number of nitrogens with one attached hydrogen (secondary N) is 2. The molecule has 5 rings (SSSR count). The highest BCUT2D eigenvalue weighted by Crippen LogP contribution is 2.23. The maximum absolute atomic E-state index is 15.3. The lowest BCUT2D eigenvalue weighted by Gasteiger charge is -2.36. The maximum Gasteiger partial charge on any atom is 0.274 e. The van der Waals surface area contributed by atoms with Gasteiger partial charge in [-0.1, -0.05) is 11.3 Å². The van der Waals surface area contributed by atoms with Gasteiger partial charge in [0, 0.05) is 38.3 Å². The number of rotatable bonds is 5. The molecule has 36 heavy (non-hydrogen) atoms. The third kappa shape index (κ3) is 4.60. The highest BCUT2D eigenvalue weighted by Gasteiger charge is 2.23. The van der Waals surface area contributed by atoms with Gasteiger partial charge in [0.25, 0.3) is 11.5 Å². The number of piperazine rings is 1. The van der Waals surface area contributed by atoms with Gasteiger partial charge in [0.05, 0.1) is 40.9 Å². The predicted molar refractivity (Wildman–Crippen MR) is 132 cm³/mol. The van der Waals surface area contributed by atoms with Crippen LogP contribution in [0.3, 0.4) is 0 Å². The van der Waals surface area contributed by atoms with Crippen LogP contribution in [0.4, 0.5) is 14.5 Å². The van der Waals surface area contributed by atoms with Gasteiger partial charge in [-0.2, -0.15) is 9.49 Å². The summed E-state index contributed by atoms with van der Waals surface area (Å²) in [6, 6.07) is 7.77. The van der Waals surface area contributed by atoms with Crippen molar-refractivity contribution in [3.8, 4) is 0 Å². The zero-order valence-corrected chi connectivity index (χ0v) is 19.0. The first-order valence-electron chi connectivity index (χ1n) is 11.1. The molecule has 0 spiro atoms. The molecule has 1 aromatic carbocycles. The second kappa shape index (κ2) is 9.09. The molecule has 1 aliphatic rings. The monoisotopic (exact) mass is 483 g/mol. The highest BCUT2D eigenvalue weighted by molar-refractivity contribution is 6.60. The molecule has 0 atom stereocenters. The number of carbonyl (C=O) groups is 1. The summed E-state index contributed by atoms with van der Waals surface area (Å²) in [5.74, 6) is -2.13. The van der Waals surface area contributed by atoms with Gasteiger partial charge < -0.3 is 15.2 Å². The molecule has 9 nitrogen and oxygen atoms in total. The Hall–Kier alpha value is -3.67. The highest BCUT2D eigenvalue weighted by atomic mass is 19.1. The minimum atomic E-state index is -1.95. The number of pyridine rings is 1. The van der Waals surface area contributed by atoms with Crippen molar-refractivity contribution in [2.45, 2.75) is 11.8 Å². The van der Waals surface area contributed by atoms with Crippen molar-refractivity contribution in [2.75, 3.05) is 31.1 Å². The Labute approximate surface area is 208 Å². The van der Waals surface area contributed by atoms with E-state index in [0.717, 1.165) is 0 Å². The first-order chi connectivity index (χ1) is 17.1. The minimum absolute atomic E-state index is 0.0979. The Bertz CT molecular complexity index is 1530. The van der Waals surface area contributed by atoms with Crippen LogP contribution in [0.1, 0.15) is 16.1 Å². The zero-order valence-electron chi connectivity index (χ0n) is 19.0. The lowest BCUT2D eigenvalue weighted by molar-refractivity contribution is 0.0946. The second-order valence-electron chi connectivity index (χ2n) is 8.67. The van der Waals surface area contributed by atoms with E-state index in [4.69, 9.17) is 23.5 Å². The molecule has 176 valence electrons. The van der Waals surface area contributed by atoms with E-state index >= 15 is 4.39 Å². The lowest BCUT2D eigenvalue weighted by atomic mass is 9.49. The van der Waals surface area contributed by atoms with Gasteiger partial charge in [-0.3, -0.25) is 14.5 Å². The van der Waals surface area contributed by atoms with Crippen LogP contribution in [-0.2, 0) is 6.54 Å². The van der Waals surface area contributed by atoms with Crippen molar-refractivity contribution in [1.29, 1.82) is 0 Å². The summed E-state index contributed by atoms with van der Waals surface area (Å²) in [6.07, 6.45) is 1.49. The van der Waals surface area contributed by atoms with Crippen molar-refractivity contribution < 1.29 is 13.6 Å². The van der Waals surface area contributed by atoms with Crippen molar-refractivity contribution in [2.24, 2.45) is 0 Å². The molecule has 0 bridgehead atoms. The summed E-state index contributed by atoms with van der Waals surface area (Å²) in [4.78, 5) is 34.4. The number of aromatic nitrogens is 4. The van der Waals surface area contributed by atoms with Gasteiger partial charge in [-0.05, 0) is 24.3 Å². The average molecular weight is 483 g/mol. The number of hydrogen-bond donors (Lipinski definition) is 2. The summed E-state index contributed by atoms with van der Waals surface area (Å²) in [5.41, 5.74) is 0.944. The molecule has 0 aliphatic carbocycles. The van der Waals surface area contributed by atoms with E-state index in [1.807, 2.05) is 4.90 Å². The molecule has 1 aliphatic heterocycles. The van der Waals surface area contributed by atoms with Gasteiger partial charge >= 0.3 is 0 Å². The van der Waals surface area contributed by atoms with Crippen molar-refractivity contribution >= 4 is 51.7 Å². The van der Waals surface area contributed by atoms with Crippen LogP contribution >= 0.6 is 0 Å². The number of benzene rings is 1. The SMILES string of the molecule is [B]C([B])([B])NC(=O)c1ccc(N2CCN(Cc3ccc4c([nH]c(=O)c5ccnn54)c3F)CC2)c(F)n1. The molecule has 14 heteroatoms. The van der Waals surface area contributed by atoms with E-state index < -0.39 is 28.5 Å². The van der Waals surface area contributed by atoms with Crippen LogP contribution in [-0.4, -0.2) is 85.3 Å². The third-order valence-corrected chi connectivity index (χ3v) is 6.04. The van der Waals surface area contributed by atoms with E-state index in [1.54, 1.807) is 23.1 Å². The molecular weight excluding hydrogens is 465 g/mol. The van der Waals surface area contributed by atoms with E-state index in [1.165, 1.54) is 22.8 Å². The van der Waals surface area contributed by atoms with E-state index in [9.17, 15) is 14.0 Å². The summed E-state index contributed by atoms with van der Waals surface area (Å²) in [6.45, 7) is 2.30. The van der Waals surface area contributed by atoms with Crippen LogP contribution in [0.2, 0.25) is 0 Å². The number of carbonyl (C=O) groups excluding carboxylic acids is 1. The van der Waals surface area contributed by atoms with Crippen LogP contribution in [0.15, 0.2) is 41.3 Å². The molecule has 3 aromatic heterocycles. The fraction of sp³-hybridized carbons (Fsp3) is 0.273. The van der Waals surface area contributed by atoms with Crippen molar-refractivity contribution in [1.82, 2.24) is 29.8 Å². The Morgan fingerprint density at radius 3 is 2.50 bits per heavy atom. The number of fused-ring (bicyclic) bond motifs is 3. The van der Waals surface area contributed by atoms with Gasteiger partial charge in [-0.15, -0.1) is 0 Å². The summed E-state index contributed by atoms with van der Waals surface area (Å²) >= 11 is 0. The quantitative estimate of drug-likeness (QED) is 0.307. The van der Waals surface area contributed by atoms with Crippen LogP contribution in [0.5, 0.6) is 0 Å². The second-order valence-corrected chi connectivity index (χ2v) is 8.67. The number of H-pyrrole nitrogens is 1. The maximum atomic E-state index is 15.3. The van der Waals surface area contributed by atoms with Gasteiger partial charge in [-0.25, -0.2) is 13.9 Å². The van der Waals surface area contributed by atoms with Crippen molar-refractivity contribution in [3.63, 3.8) is 0 Å². The van der Waals surface area contributed by atoms with Crippen molar-refractivity contribution in [3.05, 3.63) is 69.9 Å². The smallest absolute Gasteiger partial charge is 0.274 e. The molecule has 1 saturated heterocycles. The number of aromatic amines is 1. The molecule has 4 aromatic rings. The van der Waals surface area contributed by atoms with Crippen LogP contribution in [0, 0.1) is 11.8 Å². The Balaban J connectivity index is 1.27. The van der Waals surface area contributed by atoms with E-state index in [0.29, 0.717) is 49.3 Å². The summed E-state index contributed by atoms with van der Waals surface area (Å²) in [5, 5.41) is 4.27. The molecule has 4 heterocycles. The molecular formula is C22H18B3F2N7O2. The number of halogens is 2. The van der Waals surface area contributed by atoms with Crippen LogP contribution in [0.25, 0.3) is 16.6 Å². The first-order valence-corrected chi connectivity index (χ1v) is 11.1. The molecule has 0 saturated carbocycles. The van der Waals surface area contributed by atoms with E-state index in [2.05, 4.69) is 20.4 Å². The topological polar surface area (TPSA) is 98.6 Å². The number of nitrogens with zero attached hydrogens (tertiary/aromatic N) is 5. The Morgan fingerprint density at radius 1 is 1.06 bits per heavy atom. The third-order valence-electron chi connectivity index (χ3n) is 6.04. The van der Waals surface area contributed by atoms with Crippen LogP contribution < -0.4 is 15.8 Å². The standard InChI is InChI=1S/C22H18B3F2N7O2/c23-22(24,25)31-20(35)13-2-4-15(19(27)29-13)33-9-7-32(8-10-33)11-12-1-3-14-18(17(12)26)30-21(36)16-5-6-28-34(14)16/h1-6H,7-11H2,(H,30,36)(H,31,35). The number of anilines is 1. The van der Waals surface area contributed by atoms with Gasteiger partial charge in [0.2, 0.25) is 5.95 Å². The fourth-order valence-corrected chi connectivity index (χ4v) is 4.31.